The summed E-state index contributed by atoms with van der Waals surface area (Å²) in [5, 5.41) is 8.50. The van der Waals surface area contributed by atoms with Crippen molar-refractivity contribution in [3.63, 3.8) is 0 Å². The Bertz CT molecular complexity index is 409. The highest BCUT2D eigenvalue weighted by atomic mass is 16.4. The molecule has 0 unspecified atom stereocenters. The first kappa shape index (κ1) is 10.3. The van der Waals surface area contributed by atoms with Crippen LogP contribution >= 0.6 is 0 Å². The van der Waals surface area contributed by atoms with Gasteiger partial charge in [-0.1, -0.05) is 0 Å². The molecule has 1 aromatic heterocycles. The van der Waals surface area contributed by atoms with Crippen LogP contribution < -0.4 is 11.3 Å². The number of anilines is 1. The average Bonchev–Trinajstić information content (AvgIpc) is 2.11. The highest BCUT2D eigenvalue weighted by molar-refractivity contribution is 5.67. The summed E-state index contributed by atoms with van der Waals surface area (Å²) >= 11 is 0. The molecule has 0 aliphatic heterocycles. The molecule has 1 rings (SSSR count). The number of nitrogen functional groups attached to an aromatic ring is 1. The number of aliphatic carboxylic acids is 1. The second kappa shape index (κ2) is 3.95. The first-order valence-electron chi connectivity index (χ1n) is 4.18. The van der Waals surface area contributed by atoms with Crippen molar-refractivity contribution in [2.24, 2.45) is 7.05 Å². The fourth-order valence-electron chi connectivity index (χ4n) is 1.23. The normalized spacial score (nSPS) is 10.1. The van der Waals surface area contributed by atoms with Gasteiger partial charge < -0.3 is 15.4 Å². The molecule has 14 heavy (non-hydrogen) atoms. The molecule has 0 bridgehead atoms. The molecule has 0 atom stereocenters. The van der Waals surface area contributed by atoms with Gasteiger partial charge in [0.2, 0.25) is 0 Å². The Balaban J connectivity index is 3.01. The van der Waals surface area contributed by atoms with Gasteiger partial charge in [-0.05, 0) is 6.07 Å². The highest BCUT2D eigenvalue weighted by Gasteiger charge is 2.06. The monoisotopic (exact) mass is 196 g/mol. The van der Waals surface area contributed by atoms with E-state index in [-0.39, 0.29) is 18.4 Å². The molecule has 0 aromatic carbocycles. The van der Waals surface area contributed by atoms with Crippen molar-refractivity contribution in [3.8, 4) is 0 Å². The Hall–Kier alpha value is -1.78. The van der Waals surface area contributed by atoms with Gasteiger partial charge in [0.05, 0.1) is 12.1 Å². The van der Waals surface area contributed by atoms with Gasteiger partial charge in [0.15, 0.2) is 0 Å². The maximum Gasteiger partial charge on any atom is 0.303 e. The van der Waals surface area contributed by atoms with Crippen LogP contribution in [0.15, 0.2) is 16.9 Å². The van der Waals surface area contributed by atoms with Crippen LogP contribution in [0, 0.1) is 0 Å². The van der Waals surface area contributed by atoms with E-state index in [4.69, 9.17) is 10.8 Å². The van der Waals surface area contributed by atoms with E-state index in [9.17, 15) is 9.59 Å². The maximum atomic E-state index is 11.2. The molecule has 0 saturated heterocycles. The second-order valence-electron chi connectivity index (χ2n) is 3.03. The van der Waals surface area contributed by atoms with Crippen LogP contribution in [0.25, 0.3) is 0 Å². The van der Waals surface area contributed by atoms with Gasteiger partial charge in [-0.25, -0.2) is 0 Å². The molecule has 0 aliphatic rings. The largest absolute Gasteiger partial charge is 0.481 e. The third-order valence-electron chi connectivity index (χ3n) is 2.05. The predicted octanol–water partition coefficient (Wildman–Crippen LogP) is -0.0153. The van der Waals surface area contributed by atoms with Crippen LogP contribution in [-0.4, -0.2) is 15.6 Å². The number of nitrogens with zero attached hydrogens (tertiary/aromatic N) is 1. The molecule has 5 heteroatoms. The molecule has 0 fully saturated rings. The minimum absolute atomic E-state index is 0.0263. The fraction of sp³-hybridized carbons (Fsp3) is 0.333. The second-order valence-corrected chi connectivity index (χ2v) is 3.03. The van der Waals surface area contributed by atoms with E-state index in [1.165, 1.54) is 16.7 Å². The molecule has 76 valence electrons. The van der Waals surface area contributed by atoms with Gasteiger partial charge in [0.1, 0.15) is 0 Å². The van der Waals surface area contributed by atoms with Gasteiger partial charge in [-0.15, -0.1) is 0 Å². The molecule has 0 spiro atoms. The quantitative estimate of drug-likeness (QED) is 0.711. The Kier molecular flexibility index (Phi) is 2.91. The average molecular weight is 196 g/mol. The molecule has 1 heterocycles. The Morgan fingerprint density at radius 3 is 2.79 bits per heavy atom. The molecule has 0 amide bonds. The third-order valence-corrected chi connectivity index (χ3v) is 2.05. The van der Waals surface area contributed by atoms with Crippen molar-refractivity contribution in [3.05, 3.63) is 28.2 Å². The summed E-state index contributed by atoms with van der Waals surface area (Å²) in [5.74, 6) is -0.902. The highest BCUT2D eigenvalue weighted by Crippen LogP contribution is 2.09. The van der Waals surface area contributed by atoms with E-state index in [1.807, 2.05) is 0 Å². The van der Waals surface area contributed by atoms with Crippen LogP contribution in [0.4, 0.5) is 5.69 Å². The maximum absolute atomic E-state index is 11.2. The molecular weight excluding hydrogens is 184 g/mol. The number of nitrogens with two attached hydrogens (primary N) is 1. The zero-order valence-corrected chi connectivity index (χ0v) is 7.86. The van der Waals surface area contributed by atoms with Gasteiger partial charge in [0.25, 0.3) is 5.56 Å². The molecule has 3 N–H and O–H groups in total. The Labute approximate surface area is 80.8 Å². The number of rotatable bonds is 3. The van der Waals surface area contributed by atoms with E-state index in [0.717, 1.165) is 0 Å². The minimum Gasteiger partial charge on any atom is -0.481 e. The van der Waals surface area contributed by atoms with E-state index in [1.54, 1.807) is 7.05 Å². The smallest absolute Gasteiger partial charge is 0.303 e. The summed E-state index contributed by atoms with van der Waals surface area (Å²) in [4.78, 5) is 21.5. The SMILES string of the molecule is Cn1c(CCC(=O)O)c(N)ccc1=O. The van der Waals surface area contributed by atoms with Crippen molar-refractivity contribution in [2.75, 3.05) is 5.73 Å². The van der Waals surface area contributed by atoms with Crippen LogP contribution in [0.5, 0.6) is 0 Å². The van der Waals surface area contributed by atoms with E-state index < -0.39 is 5.97 Å². The first-order valence-corrected chi connectivity index (χ1v) is 4.18. The lowest BCUT2D eigenvalue weighted by atomic mass is 10.2. The number of carbonyl (C=O) groups is 1. The van der Waals surface area contributed by atoms with Gasteiger partial charge >= 0.3 is 5.97 Å². The van der Waals surface area contributed by atoms with E-state index in [2.05, 4.69) is 0 Å². The molecule has 5 nitrogen and oxygen atoms in total. The number of hydrogen-bond acceptors (Lipinski definition) is 3. The van der Waals surface area contributed by atoms with Crippen LogP contribution in [0.2, 0.25) is 0 Å². The number of aromatic nitrogens is 1. The van der Waals surface area contributed by atoms with E-state index in [0.29, 0.717) is 11.4 Å². The third kappa shape index (κ3) is 2.12. The van der Waals surface area contributed by atoms with Gasteiger partial charge in [-0.3, -0.25) is 9.59 Å². The fourth-order valence-corrected chi connectivity index (χ4v) is 1.23. The molecule has 1 aromatic rings. The van der Waals surface area contributed by atoms with Crippen molar-refractivity contribution in [1.82, 2.24) is 4.57 Å². The van der Waals surface area contributed by atoms with Crippen molar-refractivity contribution in [1.29, 1.82) is 0 Å². The number of pyridine rings is 1. The standard InChI is InChI=1S/C9H12N2O3/c1-11-7(3-5-9(13)14)6(10)2-4-8(11)12/h2,4H,3,5,10H2,1H3,(H,13,14). The number of hydrogen-bond donors (Lipinski definition) is 2. The number of carboxylic acids is 1. The molecular formula is C9H12N2O3. The summed E-state index contributed by atoms with van der Waals surface area (Å²) in [6, 6.07) is 2.86. The van der Waals surface area contributed by atoms with Crippen LogP contribution in [0.1, 0.15) is 12.1 Å². The summed E-state index contributed by atoms with van der Waals surface area (Å²) in [6.07, 6.45) is 0.245. The van der Waals surface area contributed by atoms with Crippen molar-refractivity contribution in [2.45, 2.75) is 12.8 Å². The molecule has 0 aliphatic carbocycles. The zero-order valence-electron chi connectivity index (χ0n) is 7.86. The van der Waals surface area contributed by atoms with Gasteiger partial charge in [-0.2, -0.15) is 0 Å². The minimum atomic E-state index is -0.902. The van der Waals surface area contributed by atoms with Crippen LogP contribution in [0.3, 0.4) is 0 Å². The first-order chi connectivity index (χ1) is 6.52. The van der Waals surface area contributed by atoms with Crippen molar-refractivity contribution >= 4 is 11.7 Å². The van der Waals surface area contributed by atoms with Crippen molar-refractivity contribution < 1.29 is 9.90 Å². The lowest BCUT2D eigenvalue weighted by Gasteiger charge is -2.09. The summed E-state index contributed by atoms with van der Waals surface area (Å²) in [5.41, 5.74) is 6.46. The number of carboxylic acid groups (broad SMARTS) is 1. The Morgan fingerprint density at radius 1 is 1.57 bits per heavy atom. The Morgan fingerprint density at radius 2 is 2.21 bits per heavy atom. The van der Waals surface area contributed by atoms with Gasteiger partial charge in [0, 0.05) is 25.2 Å². The zero-order chi connectivity index (χ0) is 10.7. The molecule has 0 saturated carbocycles. The molecule has 0 radical (unpaired) electrons. The summed E-state index contributed by atoms with van der Waals surface area (Å²) < 4.78 is 1.37. The van der Waals surface area contributed by atoms with E-state index >= 15 is 0 Å². The van der Waals surface area contributed by atoms with Crippen LogP contribution in [-0.2, 0) is 18.3 Å². The lowest BCUT2D eigenvalue weighted by Crippen LogP contribution is -2.21. The predicted molar refractivity (Wildman–Crippen MR) is 52.1 cm³/mol. The lowest BCUT2D eigenvalue weighted by molar-refractivity contribution is -0.136. The summed E-state index contributed by atoms with van der Waals surface area (Å²) in [6.45, 7) is 0. The topological polar surface area (TPSA) is 85.3 Å². The summed E-state index contributed by atoms with van der Waals surface area (Å²) in [7, 11) is 1.58.